The van der Waals surface area contributed by atoms with Gasteiger partial charge in [0.25, 0.3) is 5.91 Å². The Morgan fingerprint density at radius 3 is 2.92 bits per heavy atom. The van der Waals surface area contributed by atoms with E-state index in [0.717, 1.165) is 11.3 Å². The van der Waals surface area contributed by atoms with E-state index in [9.17, 15) is 9.59 Å². The van der Waals surface area contributed by atoms with E-state index in [-0.39, 0.29) is 30.2 Å². The summed E-state index contributed by atoms with van der Waals surface area (Å²) < 4.78 is 0. The molecule has 4 rings (SSSR count). The van der Waals surface area contributed by atoms with E-state index in [1.165, 1.54) is 11.2 Å². The molecule has 0 aromatic heterocycles. The van der Waals surface area contributed by atoms with Crippen molar-refractivity contribution in [1.82, 2.24) is 5.01 Å². The minimum atomic E-state index is -0.384. The van der Waals surface area contributed by atoms with Crippen LogP contribution in [0.4, 0.5) is 0 Å². The summed E-state index contributed by atoms with van der Waals surface area (Å²) in [5.41, 5.74) is 2.35. The second-order valence-corrected chi connectivity index (χ2v) is 6.62. The lowest BCUT2D eigenvalue weighted by molar-refractivity contribution is -0.134. The topological polar surface area (TPSA) is 74.5 Å². The van der Waals surface area contributed by atoms with Gasteiger partial charge in [-0.15, -0.1) is 0 Å². The third-order valence-electron chi connectivity index (χ3n) is 4.36. The number of halogens is 1. The van der Waals surface area contributed by atoms with Gasteiger partial charge in [0.1, 0.15) is 6.04 Å². The summed E-state index contributed by atoms with van der Waals surface area (Å²) in [5, 5.41) is 6.26. The quantitative estimate of drug-likeness (QED) is 0.824. The van der Waals surface area contributed by atoms with E-state index in [0.29, 0.717) is 17.1 Å². The highest BCUT2D eigenvalue weighted by molar-refractivity contribution is 6.31. The third kappa shape index (κ3) is 3.28. The van der Waals surface area contributed by atoms with Crippen LogP contribution < -0.4 is 0 Å². The Hall–Kier alpha value is -2.86. The molecular weight excluding hydrogens is 352 g/mol. The van der Waals surface area contributed by atoms with Crippen molar-refractivity contribution in [3.63, 3.8) is 0 Å². The molecule has 26 heavy (non-hydrogen) atoms. The van der Waals surface area contributed by atoms with Gasteiger partial charge in [-0.25, -0.2) is 5.01 Å². The summed E-state index contributed by atoms with van der Waals surface area (Å²) in [6.07, 6.45) is 8.71. The second-order valence-electron chi connectivity index (χ2n) is 6.18. The number of carbonyl (C=O) groups is 2. The maximum absolute atomic E-state index is 12.7. The normalized spacial score (nSPS) is 24.4. The van der Waals surface area contributed by atoms with Gasteiger partial charge >= 0.3 is 0 Å². The Morgan fingerprint density at radius 2 is 2.15 bits per heavy atom. The Labute approximate surface area is 155 Å². The molecule has 0 spiro atoms. The number of hydrogen-bond donors (Lipinski definition) is 0. The van der Waals surface area contributed by atoms with Gasteiger partial charge in [0, 0.05) is 17.0 Å². The highest BCUT2D eigenvalue weighted by atomic mass is 35.5. The van der Waals surface area contributed by atoms with Crippen LogP contribution in [0.1, 0.15) is 12.0 Å². The zero-order chi connectivity index (χ0) is 18.1. The Morgan fingerprint density at radius 1 is 1.27 bits per heavy atom. The molecule has 0 aliphatic carbocycles. The van der Waals surface area contributed by atoms with Crippen LogP contribution in [-0.2, 0) is 9.59 Å². The van der Waals surface area contributed by atoms with Crippen molar-refractivity contribution in [2.75, 3.05) is 6.54 Å². The molecule has 130 valence electrons. The first kappa shape index (κ1) is 16.6. The molecule has 0 bridgehead atoms. The second kappa shape index (κ2) is 6.80. The van der Waals surface area contributed by atoms with Gasteiger partial charge in [0.05, 0.1) is 36.3 Å². The fraction of sp³-hybridized carbons (Fsp3) is 0.211. The van der Waals surface area contributed by atoms with Crippen LogP contribution in [0.25, 0.3) is 0 Å². The van der Waals surface area contributed by atoms with Crippen LogP contribution in [0.3, 0.4) is 0 Å². The van der Waals surface area contributed by atoms with E-state index in [2.05, 4.69) is 15.1 Å². The lowest BCUT2D eigenvalue weighted by Crippen LogP contribution is -2.44. The van der Waals surface area contributed by atoms with Crippen LogP contribution in [0.5, 0.6) is 0 Å². The monoisotopic (exact) mass is 366 g/mol. The van der Waals surface area contributed by atoms with Crippen molar-refractivity contribution in [2.45, 2.75) is 12.5 Å². The zero-order valence-electron chi connectivity index (χ0n) is 13.7. The first-order valence-corrected chi connectivity index (χ1v) is 8.61. The number of rotatable bonds is 3. The van der Waals surface area contributed by atoms with Crippen molar-refractivity contribution >= 4 is 41.4 Å². The summed E-state index contributed by atoms with van der Waals surface area (Å²) in [5.74, 6) is -0.554. The molecule has 6 nitrogen and oxygen atoms in total. The van der Waals surface area contributed by atoms with Gasteiger partial charge in [-0.1, -0.05) is 35.9 Å². The molecule has 1 aromatic rings. The molecule has 3 aliphatic rings. The molecule has 2 atom stereocenters. The summed E-state index contributed by atoms with van der Waals surface area (Å²) in [6.45, 7) is 0.251. The molecule has 3 aliphatic heterocycles. The number of ketones is 1. The summed E-state index contributed by atoms with van der Waals surface area (Å²) in [7, 11) is 0. The molecule has 0 fully saturated rings. The molecule has 0 radical (unpaired) electrons. The number of nitrogens with zero attached hydrogens (tertiary/aromatic N) is 4. The number of benzene rings is 1. The van der Waals surface area contributed by atoms with E-state index >= 15 is 0 Å². The molecular formula is C19H15ClN4O2. The summed E-state index contributed by atoms with van der Waals surface area (Å²) in [4.78, 5) is 32.6. The molecule has 1 amide bonds. The van der Waals surface area contributed by atoms with E-state index in [4.69, 9.17) is 11.6 Å². The number of Topliss-reactive ketones (excluding diaryl/α,β-unsaturated/α-hetero) is 1. The predicted octanol–water partition coefficient (Wildman–Crippen LogP) is 2.44. The number of amides is 1. The molecule has 0 saturated carbocycles. The van der Waals surface area contributed by atoms with Crippen molar-refractivity contribution in [2.24, 2.45) is 21.0 Å². The number of carbonyl (C=O) groups excluding carboxylic acids is 2. The van der Waals surface area contributed by atoms with Crippen molar-refractivity contribution < 1.29 is 9.59 Å². The predicted molar refractivity (Wildman–Crippen MR) is 101 cm³/mol. The van der Waals surface area contributed by atoms with Crippen LogP contribution in [0.15, 0.2) is 63.3 Å². The van der Waals surface area contributed by atoms with Crippen LogP contribution in [0.2, 0.25) is 5.02 Å². The largest absolute Gasteiger partial charge is 0.293 e. The Balaban J connectivity index is 1.53. The van der Waals surface area contributed by atoms with Gasteiger partial charge in [-0.3, -0.25) is 19.6 Å². The fourth-order valence-corrected chi connectivity index (χ4v) is 3.19. The van der Waals surface area contributed by atoms with Crippen LogP contribution >= 0.6 is 11.6 Å². The molecule has 1 aromatic carbocycles. The van der Waals surface area contributed by atoms with E-state index in [1.54, 1.807) is 18.4 Å². The van der Waals surface area contributed by atoms with Gasteiger partial charge in [-0.05, 0) is 18.2 Å². The van der Waals surface area contributed by atoms with Crippen LogP contribution in [-0.4, -0.2) is 47.4 Å². The molecule has 7 heteroatoms. The standard InChI is InChI=1S/C19H15ClN4O2/c20-13-3-1-2-12(8-13)17-7-6-16-18(23-17)10-22-24(19(16)26)11-14-4-5-15(25)9-21-14/h1-4,6-10,16,18H,5,11H2. The summed E-state index contributed by atoms with van der Waals surface area (Å²) >= 11 is 6.04. The molecule has 0 saturated heterocycles. The number of aliphatic imine (C=N–C) groups is 2. The zero-order valence-corrected chi connectivity index (χ0v) is 14.5. The lowest BCUT2D eigenvalue weighted by atomic mass is 9.93. The number of allylic oxidation sites excluding steroid dienone is 2. The highest BCUT2D eigenvalue weighted by Gasteiger charge is 2.35. The third-order valence-corrected chi connectivity index (χ3v) is 4.60. The lowest BCUT2D eigenvalue weighted by Gasteiger charge is -2.30. The van der Waals surface area contributed by atoms with Crippen molar-refractivity contribution in [3.05, 3.63) is 58.8 Å². The van der Waals surface area contributed by atoms with Gasteiger partial charge in [0.15, 0.2) is 5.78 Å². The average Bonchev–Trinajstić information content (AvgIpc) is 2.65. The highest BCUT2D eigenvalue weighted by Crippen LogP contribution is 2.24. The maximum Gasteiger partial charge on any atom is 0.252 e. The molecule has 3 heterocycles. The minimum absolute atomic E-state index is 0.0413. The van der Waals surface area contributed by atoms with Crippen LogP contribution in [0, 0.1) is 5.92 Å². The summed E-state index contributed by atoms with van der Waals surface area (Å²) in [6, 6.07) is 7.11. The fourth-order valence-electron chi connectivity index (χ4n) is 3.00. The first-order chi connectivity index (χ1) is 12.6. The van der Waals surface area contributed by atoms with E-state index < -0.39 is 0 Å². The van der Waals surface area contributed by atoms with Gasteiger partial charge in [0.2, 0.25) is 0 Å². The number of dihydropyridines is 1. The van der Waals surface area contributed by atoms with E-state index in [1.807, 2.05) is 30.4 Å². The van der Waals surface area contributed by atoms with Gasteiger partial charge < -0.3 is 0 Å². The smallest absolute Gasteiger partial charge is 0.252 e. The van der Waals surface area contributed by atoms with Crippen molar-refractivity contribution in [3.8, 4) is 0 Å². The molecule has 0 N–H and O–H groups in total. The minimum Gasteiger partial charge on any atom is -0.293 e. The molecule has 2 unspecified atom stereocenters. The number of fused-ring (bicyclic) bond motifs is 1. The SMILES string of the molecule is O=C1C=NC(CN2N=CC3N=C(c4cccc(Cl)c4)C=CC3C2=O)=CC1. The van der Waals surface area contributed by atoms with Gasteiger partial charge in [-0.2, -0.15) is 5.10 Å². The van der Waals surface area contributed by atoms with Crippen molar-refractivity contribution in [1.29, 1.82) is 0 Å². The Bertz CT molecular complexity index is 929. The first-order valence-electron chi connectivity index (χ1n) is 8.23. The number of hydrazone groups is 1. The Kier molecular flexibility index (Phi) is 4.34. The maximum atomic E-state index is 12.7. The number of hydrogen-bond acceptors (Lipinski definition) is 5. The average molecular weight is 367 g/mol.